The zero-order chi connectivity index (χ0) is 22.6. The molecule has 0 radical (unpaired) electrons. The summed E-state index contributed by atoms with van der Waals surface area (Å²) in [4.78, 5) is 11.6. The van der Waals surface area contributed by atoms with Gasteiger partial charge in [-0.2, -0.15) is 17.9 Å². The molecule has 0 saturated heterocycles. The Kier molecular flexibility index (Phi) is 8.42. The first-order chi connectivity index (χ1) is 13.2. The van der Waals surface area contributed by atoms with Gasteiger partial charge in [-0.3, -0.25) is 4.79 Å². The number of halogens is 6. The summed E-state index contributed by atoms with van der Waals surface area (Å²) in [5.74, 6) is -3.15. The van der Waals surface area contributed by atoms with Crippen molar-refractivity contribution < 1.29 is 35.2 Å². The molecule has 1 amide bonds. The van der Waals surface area contributed by atoms with Crippen molar-refractivity contribution in [2.75, 3.05) is 6.54 Å². The van der Waals surface area contributed by atoms with Crippen LogP contribution >= 0.6 is 11.6 Å². The van der Waals surface area contributed by atoms with Crippen molar-refractivity contribution in [3.8, 4) is 0 Å². The maximum Gasteiger partial charge on any atom is 0.404 e. The molecular formula is C16H19ClF5N3O3S. The van der Waals surface area contributed by atoms with Crippen molar-refractivity contribution in [1.82, 2.24) is 14.6 Å². The van der Waals surface area contributed by atoms with E-state index >= 15 is 0 Å². The number of sulfonamides is 1. The summed E-state index contributed by atoms with van der Waals surface area (Å²) < 4.78 is 92.4. The number of aryl methyl sites for hydroxylation is 1. The highest BCUT2D eigenvalue weighted by atomic mass is 35.5. The first kappa shape index (κ1) is 25.1. The van der Waals surface area contributed by atoms with Gasteiger partial charge in [-0.1, -0.05) is 24.6 Å². The molecule has 0 spiro atoms. The van der Waals surface area contributed by atoms with E-state index in [1.54, 1.807) is 0 Å². The first-order valence-electron chi connectivity index (χ1n) is 8.14. The minimum atomic E-state index is -4.79. The standard InChI is InChI=1S/C16H19ClF5N3O3S/c1-4-10(18)14(17)11(19)7-23-15(26)12-6-9(8-25(12)3)29(27,28)24-13(5-2)16(20,21)22/h4,6,8,13,24H,5,7H2,1-3H3,(H,23,26). The Morgan fingerprint density at radius 1 is 1.34 bits per heavy atom. The Hall–Kier alpha value is -1.92. The lowest BCUT2D eigenvalue weighted by Crippen LogP contribution is -2.44. The number of carbonyl (C=O) groups is 1. The number of hydrogen-bond donors (Lipinski definition) is 2. The Bertz CT molecular complexity index is 923. The number of rotatable bonds is 8. The molecule has 0 saturated carbocycles. The van der Waals surface area contributed by atoms with Gasteiger partial charge >= 0.3 is 6.18 Å². The van der Waals surface area contributed by atoms with Crippen LogP contribution in [0.4, 0.5) is 22.0 Å². The van der Waals surface area contributed by atoms with Crippen molar-refractivity contribution in [3.63, 3.8) is 0 Å². The van der Waals surface area contributed by atoms with Crippen molar-refractivity contribution in [2.45, 2.75) is 37.4 Å². The molecule has 1 aromatic rings. The summed E-state index contributed by atoms with van der Waals surface area (Å²) in [7, 11) is -3.31. The summed E-state index contributed by atoms with van der Waals surface area (Å²) in [6, 6.07) is -1.47. The highest BCUT2D eigenvalue weighted by molar-refractivity contribution is 7.89. The lowest BCUT2D eigenvalue weighted by molar-refractivity contribution is -0.151. The third-order valence-electron chi connectivity index (χ3n) is 3.73. The van der Waals surface area contributed by atoms with Crippen molar-refractivity contribution >= 4 is 27.5 Å². The van der Waals surface area contributed by atoms with Crippen molar-refractivity contribution in [1.29, 1.82) is 0 Å². The number of carbonyl (C=O) groups excluding carboxylic acids is 1. The maximum atomic E-state index is 13.7. The van der Waals surface area contributed by atoms with Gasteiger partial charge in [0.05, 0.1) is 6.54 Å². The quantitative estimate of drug-likeness (QED) is 0.456. The Morgan fingerprint density at radius 3 is 2.41 bits per heavy atom. The van der Waals surface area contributed by atoms with E-state index in [4.69, 9.17) is 11.6 Å². The van der Waals surface area contributed by atoms with Gasteiger partial charge in [0.15, 0.2) is 0 Å². The molecular weight excluding hydrogens is 445 g/mol. The summed E-state index contributed by atoms with van der Waals surface area (Å²) in [5, 5.41) is 1.25. The van der Waals surface area contributed by atoms with Gasteiger partial charge in [-0.05, 0) is 19.4 Å². The molecule has 6 nitrogen and oxygen atoms in total. The highest BCUT2D eigenvalue weighted by Gasteiger charge is 2.41. The summed E-state index contributed by atoms with van der Waals surface area (Å²) in [6.45, 7) is 1.66. The normalized spacial score (nSPS) is 15.1. The van der Waals surface area contributed by atoms with Crippen LogP contribution < -0.4 is 10.0 Å². The van der Waals surface area contributed by atoms with E-state index < -0.39 is 62.7 Å². The minimum Gasteiger partial charge on any atom is -0.345 e. The number of aromatic nitrogens is 1. The molecule has 164 valence electrons. The second-order valence-electron chi connectivity index (χ2n) is 5.83. The number of allylic oxidation sites excluding steroid dienone is 3. The second-order valence-corrected chi connectivity index (χ2v) is 7.93. The van der Waals surface area contributed by atoms with Crippen LogP contribution in [0.3, 0.4) is 0 Å². The molecule has 1 unspecified atom stereocenters. The van der Waals surface area contributed by atoms with Crippen LogP contribution in [0.2, 0.25) is 0 Å². The predicted octanol–water partition coefficient (Wildman–Crippen LogP) is 3.67. The van der Waals surface area contributed by atoms with E-state index in [0.29, 0.717) is 0 Å². The molecule has 0 aromatic carbocycles. The van der Waals surface area contributed by atoms with Crippen molar-refractivity contribution in [2.24, 2.45) is 7.05 Å². The molecule has 0 bridgehead atoms. The first-order valence-corrected chi connectivity index (χ1v) is 10.0. The molecule has 2 N–H and O–H groups in total. The van der Waals surface area contributed by atoms with Gasteiger partial charge < -0.3 is 9.88 Å². The molecule has 29 heavy (non-hydrogen) atoms. The molecule has 1 rings (SSSR count). The van der Waals surface area contributed by atoms with E-state index in [0.717, 1.165) is 29.8 Å². The van der Waals surface area contributed by atoms with E-state index in [-0.39, 0.29) is 5.69 Å². The largest absolute Gasteiger partial charge is 0.404 e. The molecule has 1 aromatic heterocycles. The monoisotopic (exact) mass is 463 g/mol. The molecule has 0 aliphatic carbocycles. The minimum absolute atomic E-state index is 0.277. The third-order valence-corrected chi connectivity index (χ3v) is 5.55. The average molecular weight is 464 g/mol. The molecule has 0 aliphatic heterocycles. The molecule has 1 atom stereocenters. The SMILES string of the molecule is CC=C(F)C(Cl)=C(F)CNC(=O)c1cc(S(=O)(=O)NC(CC)C(F)(F)F)cn1C. The fourth-order valence-electron chi connectivity index (χ4n) is 2.13. The fraction of sp³-hybridized carbons (Fsp3) is 0.438. The smallest absolute Gasteiger partial charge is 0.345 e. The molecule has 0 aliphatic rings. The predicted molar refractivity (Wildman–Crippen MR) is 97.1 cm³/mol. The van der Waals surface area contributed by atoms with Gasteiger partial charge in [0.1, 0.15) is 33.3 Å². The summed E-state index contributed by atoms with van der Waals surface area (Å²) in [6.07, 6.45) is -3.48. The van der Waals surface area contributed by atoms with Crippen molar-refractivity contribution in [3.05, 3.63) is 40.7 Å². The molecule has 0 fully saturated rings. The van der Waals surface area contributed by atoms with Crippen LogP contribution in [-0.2, 0) is 17.1 Å². The zero-order valence-electron chi connectivity index (χ0n) is 15.6. The van der Waals surface area contributed by atoms with Gasteiger partial charge in [0.25, 0.3) is 5.91 Å². The lowest BCUT2D eigenvalue weighted by Gasteiger charge is -2.19. The third kappa shape index (κ3) is 6.54. The van der Waals surface area contributed by atoms with E-state index in [1.807, 2.05) is 0 Å². The second kappa shape index (κ2) is 9.72. The number of hydrogen-bond acceptors (Lipinski definition) is 3. The fourth-order valence-corrected chi connectivity index (χ4v) is 3.68. The van der Waals surface area contributed by atoms with Crippen LogP contribution in [0, 0.1) is 0 Å². The number of amides is 1. The molecule has 13 heteroatoms. The average Bonchev–Trinajstić information content (AvgIpc) is 3.04. The van der Waals surface area contributed by atoms with Crippen LogP contribution in [-0.4, -0.2) is 37.7 Å². The van der Waals surface area contributed by atoms with Gasteiger partial charge in [0, 0.05) is 13.2 Å². The van der Waals surface area contributed by atoms with Crippen LogP contribution in [0.1, 0.15) is 30.8 Å². The van der Waals surface area contributed by atoms with E-state index in [2.05, 4.69) is 5.32 Å². The Balaban J connectivity index is 3.02. The zero-order valence-corrected chi connectivity index (χ0v) is 17.1. The van der Waals surface area contributed by atoms with Crippen LogP contribution in [0.15, 0.2) is 39.9 Å². The number of nitrogens with one attached hydrogen (secondary N) is 2. The number of nitrogens with zero attached hydrogens (tertiary/aromatic N) is 1. The number of alkyl halides is 3. The highest BCUT2D eigenvalue weighted by Crippen LogP contribution is 2.25. The van der Waals surface area contributed by atoms with Crippen LogP contribution in [0.25, 0.3) is 0 Å². The van der Waals surface area contributed by atoms with E-state index in [1.165, 1.54) is 18.7 Å². The van der Waals surface area contributed by atoms with Gasteiger partial charge in [-0.25, -0.2) is 17.2 Å². The van der Waals surface area contributed by atoms with E-state index in [9.17, 15) is 35.2 Å². The summed E-state index contributed by atoms with van der Waals surface area (Å²) in [5.41, 5.74) is -0.277. The topological polar surface area (TPSA) is 80.2 Å². The summed E-state index contributed by atoms with van der Waals surface area (Å²) >= 11 is 5.43. The van der Waals surface area contributed by atoms with Gasteiger partial charge in [-0.15, -0.1) is 0 Å². The lowest BCUT2D eigenvalue weighted by atomic mass is 10.2. The Morgan fingerprint density at radius 2 is 1.93 bits per heavy atom. The maximum absolute atomic E-state index is 13.7. The van der Waals surface area contributed by atoms with Gasteiger partial charge in [0.2, 0.25) is 10.0 Å². The molecule has 1 heterocycles. The van der Waals surface area contributed by atoms with Crippen LogP contribution in [0.5, 0.6) is 0 Å². The Labute approximate surface area is 169 Å².